The first-order valence-electron chi connectivity index (χ1n) is 11.0. The molecule has 0 fully saturated rings. The lowest BCUT2D eigenvalue weighted by molar-refractivity contribution is -0.113. The van der Waals surface area contributed by atoms with E-state index in [1.807, 2.05) is 62.4 Å². The number of nitrogens with one attached hydrogen (secondary N) is 1. The van der Waals surface area contributed by atoms with E-state index in [4.69, 9.17) is 16.0 Å². The summed E-state index contributed by atoms with van der Waals surface area (Å²) in [5.74, 6) is 0.851. The second-order valence-electron chi connectivity index (χ2n) is 8.32. The number of fused-ring (bicyclic) bond motifs is 1. The fourth-order valence-electron chi connectivity index (χ4n) is 4.12. The highest BCUT2D eigenvalue weighted by Gasteiger charge is 2.34. The maximum absolute atomic E-state index is 13.7. The molecule has 1 amide bonds. The van der Waals surface area contributed by atoms with Crippen LogP contribution < -0.4 is 20.2 Å². The highest BCUT2D eigenvalue weighted by molar-refractivity contribution is 7.07. The second kappa shape index (κ2) is 9.17. The van der Waals surface area contributed by atoms with E-state index in [0.29, 0.717) is 42.8 Å². The van der Waals surface area contributed by atoms with E-state index in [1.54, 1.807) is 25.1 Å². The molecule has 0 radical (unpaired) electrons. The Bertz CT molecular complexity index is 1680. The summed E-state index contributed by atoms with van der Waals surface area (Å²) >= 11 is 7.58. The van der Waals surface area contributed by atoms with Crippen LogP contribution >= 0.6 is 22.9 Å². The van der Waals surface area contributed by atoms with Gasteiger partial charge in [0.15, 0.2) is 4.80 Å². The van der Waals surface area contributed by atoms with Crippen molar-refractivity contribution in [1.82, 2.24) is 4.57 Å². The van der Waals surface area contributed by atoms with E-state index in [2.05, 4.69) is 10.3 Å². The number of benzene rings is 2. The van der Waals surface area contributed by atoms with E-state index in [-0.39, 0.29) is 11.5 Å². The number of anilines is 1. The van der Waals surface area contributed by atoms with Gasteiger partial charge in [-0.2, -0.15) is 0 Å². The fraction of sp³-hybridized carbons (Fsp3) is 0.148. The minimum Gasteiger partial charge on any atom is -0.464 e. The van der Waals surface area contributed by atoms with Crippen LogP contribution in [0.2, 0.25) is 5.02 Å². The molecule has 176 valence electrons. The van der Waals surface area contributed by atoms with Crippen LogP contribution in [0.4, 0.5) is 5.69 Å². The molecule has 0 aliphatic carbocycles. The van der Waals surface area contributed by atoms with Gasteiger partial charge < -0.3 is 9.73 Å². The molecule has 1 N–H and O–H groups in total. The van der Waals surface area contributed by atoms with Crippen LogP contribution in [-0.2, 0) is 4.79 Å². The Morgan fingerprint density at radius 2 is 1.83 bits per heavy atom. The molecule has 0 saturated heterocycles. The van der Waals surface area contributed by atoms with Crippen molar-refractivity contribution in [3.8, 4) is 0 Å². The highest BCUT2D eigenvalue weighted by atomic mass is 35.5. The van der Waals surface area contributed by atoms with Gasteiger partial charge in [0.25, 0.3) is 11.5 Å². The molecule has 1 aliphatic rings. The number of hydrogen-bond donors (Lipinski definition) is 1. The molecule has 35 heavy (non-hydrogen) atoms. The molecule has 1 aliphatic heterocycles. The summed E-state index contributed by atoms with van der Waals surface area (Å²) in [7, 11) is 0. The van der Waals surface area contributed by atoms with E-state index >= 15 is 0 Å². The van der Waals surface area contributed by atoms with Crippen molar-refractivity contribution < 1.29 is 9.21 Å². The maximum atomic E-state index is 13.7. The number of nitrogens with zero attached hydrogens (tertiary/aromatic N) is 2. The van der Waals surface area contributed by atoms with Crippen LogP contribution in [0.3, 0.4) is 0 Å². The number of rotatable bonds is 4. The van der Waals surface area contributed by atoms with Crippen molar-refractivity contribution >= 4 is 40.6 Å². The van der Waals surface area contributed by atoms with Gasteiger partial charge in [-0.3, -0.25) is 14.2 Å². The zero-order chi connectivity index (χ0) is 24.7. The molecule has 0 bridgehead atoms. The van der Waals surface area contributed by atoms with E-state index in [0.717, 1.165) is 11.1 Å². The predicted octanol–water partition coefficient (Wildman–Crippen LogP) is 4.74. The Kier molecular flexibility index (Phi) is 6.05. The molecule has 6 nitrogen and oxygen atoms in total. The average molecular weight is 504 g/mol. The lowest BCUT2D eigenvalue weighted by Crippen LogP contribution is -2.40. The van der Waals surface area contributed by atoms with Gasteiger partial charge in [-0.25, -0.2) is 4.99 Å². The van der Waals surface area contributed by atoms with Crippen LogP contribution in [0.1, 0.15) is 35.6 Å². The monoisotopic (exact) mass is 503 g/mol. The Hall–Kier alpha value is -3.68. The summed E-state index contributed by atoms with van der Waals surface area (Å²) in [6.07, 6.45) is 1.75. The third-order valence-electron chi connectivity index (χ3n) is 5.88. The minimum atomic E-state index is -0.752. The SMILES string of the molecule is CC1=C(C(=O)Nc2ccccc2C)C(c2ccc(C)o2)n2c(s/c(=C/c3ccccc3Cl)c2=O)=N1. The predicted molar refractivity (Wildman–Crippen MR) is 138 cm³/mol. The lowest BCUT2D eigenvalue weighted by Gasteiger charge is -2.23. The number of hydrogen-bond acceptors (Lipinski definition) is 5. The molecule has 5 rings (SSSR count). The molecular formula is C27H22ClN3O3S. The van der Waals surface area contributed by atoms with Gasteiger partial charge in [-0.15, -0.1) is 0 Å². The normalized spacial score (nSPS) is 15.7. The van der Waals surface area contributed by atoms with Gasteiger partial charge >= 0.3 is 0 Å². The number of amides is 1. The lowest BCUT2D eigenvalue weighted by atomic mass is 10.00. The first kappa shape index (κ1) is 23.1. The van der Waals surface area contributed by atoms with E-state index in [9.17, 15) is 9.59 Å². The standard InChI is InChI=1S/C27H22ClN3O3S/c1-15-8-4-7-11-20(15)30-25(32)23-17(3)29-27-31(24(23)21-13-12-16(2)34-21)26(33)22(35-27)14-18-9-5-6-10-19(18)28/h4-14,24H,1-3H3,(H,30,32)/b22-14+. The third-order valence-corrected chi connectivity index (χ3v) is 7.21. The second-order valence-corrected chi connectivity index (χ2v) is 9.74. The van der Waals surface area contributed by atoms with Crippen molar-refractivity contribution in [2.45, 2.75) is 26.8 Å². The van der Waals surface area contributed by atoms with Gasteiger partial charge in [0.1, 0.15) is 17.6 Å². The summed E-state index contributed by atoms with van der Waals surface area (Å²) in [5.41, 5.74) is 2.99. The number of thiazole rings is 1. The average Bonchev–Trinajstić information content (AvgIpc) is 3.39. The summed E-state index contributed by atoms with van der Waals surface area (Å²) in [6.45, 7) is 5.53. The number of allylic oxidation sites excluding steroid dienone is 1. The Morgan fingerprint density at radius 3 is 2.54 bits per heavy atom. The summed E-state index contributed by atoms with van der Waals surface area (Å²) in [6, 6.07) is 17.7. The number of aryl methyl sites for hydroxylation is 2. The molecule has 0 saturated carbocycles. The molecular weight excluding hydrogens is 482 g/mol. The molecule has 1 atom stereocenters. The number of para-hydroxylation sites is 1. The molecule has 8 heteroatoms. The van der Waals surface area contributed by atoms with Gasteiger partial charge in [0, 0.05) is 10.7 Å². The van der Waals surface area contributed by atoms with Crippen molar-refractivity contribution in [1.29, 1.82) is 0 Å². The van der Waals surface area contributed by atoms with Crippen molar-refractivity contribution in [3.05, 3.63) is 119 Å². The first-order chi connectivity index (χ1) is 16.8. The number of carbonyl (C=O) groups excluding carboxylic acids is 1. The molecule has 3 heterocycles. The molecule has 0 spiro atoms. The fourth-order valence-corrected chi connectivity index (χ4v) is 5.35. The van der Waals surface area contributed by atoms with Crippen LogP contribution in [-0.4, -0.2) is 10.5 Å². The largest absolute Gasteiger partial charge is 0.464 e. The van der Waals surface area contributed by atoms with Gasteiger partial charge in [0.2, 0.25) is 0 Å². The number of aromatic nitrogens is 1. The van der Waals surface area contributed by atoms with Gasteiger partial charge in [-0.05, 0) is 62.2 Å². The first-order valence-corrected chi connectivity index (χ1v) is 12.2. The summed E-state index contributed by atoms with van der Waals surface area (Å²) in [5, 5.41) is 3.53. The Morgan fingerprint density at radius 1 is 1.09 bits per heavy atom. The molecule has 2 aromatic carbocycles. The quantitative estimate of drug-likeness (QED) is 0.437. The third kappa shape index (κ3) is 4.29. The number of carbonyl (C=O) groups is 1. The summed E-state index contributed by atoms with van der Waals surface area (Å²) < 4.78 is 7.95. The van der Waals surface area contributed by atoms with Gasteiger partial charge in [-0.1, -0.05) is 59.3 Å². The van der Waals surface area contributed by atoms with Crippen LogP contribution in [0.15, 0.2) is 86.1 Å². The van der Waals surface area contributed by atoms with Crippen molar-refractivity contribution in [3.63, 3.8) is 0 Å². The van der Waals surface area contributed by atoms with Crippen molar-refractivity contribution in [2.75, 3.05) is 5.32 Å². The van der Waals surface area contributed by atoms with Gasteiger partial charge in [0.05, 0.1) is 15.8 Å². The molecule has 4 aromatic rings. The smallest absolute Gasteiger partial charge is 0.271 e. The van der Waals surface area contributed by atoms with E-state index < -0.39 is 6.04 Å². The molecule has 2 aromatic heterocycles. The Labute approximate surface area is 210 Å². The number of halogens is 1. The van der Waals surface area contributed by atoms with Crippen molar-refractivity contribution in [2.24, 2.45) is 4.99 Å². The van der Waals surface area contributed by atoms with Crippen LogP contribution in [0, 0.1) is 13.8 Å². The minimum absolute atomic E-state index is 0.263. The zero-order valence-corrected chi connectivity index (χ0v) is 20.9. The topological polar surface area (TPSA) is 76.6 Å². The Balaban J connectivity index is 1.68. The zero-order valence-electron chi connectivity index (χ0n) is 19.3. The number of furan rings is 1. The molecule has 1 unspecified atom stereocenters. The van der Waals surface area contributed by atoms with Crippen LogP contribution in [0.5, 0.6) is 0 Å². The highest BCUT2D eigenvalue weighted by Crippen LogP contribution is 2.32. The maximum Gasteiger partial charge on any atom is 0.271 e. The summed E-state index contributed by atoms with van der Waals surface area (Å²) in [4.78, 5) is 32.4. The van der Waals surface area contributed by atoms with Crippen LogP contribution in [0.25, 0.3) is 6.08 Å². The van der Waals surface area contributed by atoms with E-state index in [1.165, 1.54) is 15.9 Å².